The molecule has 3 aromatic carbocycles. The molecule has 31 heavy (non-hydrogen) atoms. The molecule has 0 amide bonds. The number of carboxylic acids is 1. The predicted molar refractivity (Wildman–Crippen MR) is 118 cm³/mol. The van der Waals surface area contributed by atoms with Gasteiger partial charge < -0.3 is 9.84 Å². The van der Waals surface area contributed by atoms with Crippen molar-refractivity contribution < 1.29 is 23.1 Å². The highest BCUT2D eigenvalue weighted by molar-refractivity contribution is 7.90. The molecule has 0 aliphatic rings. The van der Waals surface area contributed by atoms with Gasteiger partial charge in [-0.2, -0.15) is 0 Å². The summed E-state index contributed by atoms with van der Waals surface area (Å²) in [6, 6.07) is 22.9. The first-order valence-corrected chi connectivity index (χ1v) is 10.9. The van der Waals surface area contributed by atoms with Gasteiger partial charge in [-0.3, -0.25) is 0 Å². The van der Waals surface area contributed by atoms with Crippen LogP contribution in [0.1, 0.15) is 11.1 Å². The maximum absolute atomic E-state index is 13.2. The molecule has 0 atom stereocenters. The highest BCUT2D eigenvalue weighted by Gasteiger charge is 2.19. The summed E-state index contributed by atoms with van der Waals surface area (Å²) in [6.45, 7) is 0.419. The molecule has 4 rings (SSSR count). The average molecular weight is 433 g/mol. The van der Waals surface area contributed by atoms with Crippen LogP contribution in [0.5, 0.6) is 5.75 Å². The molecule has 0 bridgehead atoms. The van der Waals surface area contributed by atoms with Crippen molar-refractivity contribution in [2.75, 3.05) is 0 Å². The van der Waals surface area contributed by atoms with E-state index in [-0.39, 0.29) is 4.90 Å². The molecule has 0 fully saturated rings. The summed E-state index contributed by atoms with van der Waals surface area (Å²) in [5, 5.41) is 9.51. The van der Waals surface area contributed by atoms with E-state index in [2.05, 4.69) is 0 Å². The molecular formula is C24H19NO5S. The molecule has 1 heterocycles. The Morgan fingerprint density at radius 2 is 1.77 bits per heavy atom. The minimum Gasteiger partial charge on any atom is -0.489 e. The third kappa shape index (κ3) is 4.51. The Kier molecular flexibility index (Phi) is 5.60. The molecule has 0 unspecified atom stereocenters. The zero-order chi connectivity index (χ0) is 21.8. The van der Waals surface area contributed by atoms with Crippen molar-refractivity contribution in [3.63, 3.8) is 0 Å². The highest BCUT2D eigenvalue weighted by Crippen LogP contribution is 2.26. The van der Waals surface area contributed by atoms with Gasteiger partial charge in [0.1, 0.15) is 12.4 Å². The smallest absolute Gasteiger partial charge is 0.328 e. The van der Waals surface area contributed by atoms with Crippen LogP contribution >= 0.6 is 0 Å². The summed E-state index contributed by atoms with van der Waals surface area (Å²) in [5.74, 6) is -0.456. The molecule has 4 aromatic rings. The predicted octanol–water partition coefficient (Wildman–Crippen LogP) is 4.56. The van der Waals surface area contributed by atoms with Gasteiger partial charge in [0.2, 0.25) is 0 Å². The van der Waals surface area contributed by atoms with Crippen molar-refractivity contribution in [3.8, 4) is 5.75 Å². The van der Waals surface area contributed by atoms with E-state index in [4.69, 9.17) is 9.84 Å². The summed E-state index contributed by atoms with van der Waals surface area (Å²) < 4.78 is 33.4. The summed E-state index contributed by atoms with van der Waals surface area (Å²) >= 11 is 0. The van der Waals surface area contributed by atoms with Gasteiger partial charge in [-0.15, -0.1) is 0 Å². The molecule has 0 aliphatic carbocycles. The minimum atomic E-state index is -3.86. The number of aromatic nitrogens is 1. The van der Waals surface area contributed by atoms with Crippen LogP contribution in [0.4, 0.5) is 0 Å². The monoisotopic (exact) mass is 433 g/mol. The number of aliphatic carboxylic acids is 1. The van der Waals surface area contributed by atoms with Crippen molar-refractivity contribution >= 4 is 33.0 Å². The van der Waals surface area contributed by atoms with Gasteiger partial charge in [-0.05, 0) is 53.6 Å². The van der Waals surface area contributed by atoms with Crippen LogP contribution in [0, 0.1) is 0 Å². The number of hydrogen-bond donors (Lipinski definition) is 1. The fourth-order valence-electron chi connectivity index (χ4n) is 3.20. The Balaban J connectivity index is 1.62. The van der Waals surface area contributed by atoms with E-state index in [9.17, 15) is 13.2 Å². The maximum atomic E-state index is 13.2. The Labute approximate surface area is 179 Å². The number of benzene rings is 3. The number of fused-ring (bicyclic) bond motifs is 1. The lowest BCUT2D eigenvalue weighted by atomic mass is 10.2. The molecule has 6 nitrogen and oxygen atoms in total. The number of carboxylic acid groups (broad SMARTS) is 1. The van der Waals surface area contributed by atoms with E-state index in [1.807, 2.05) is 30.3 Å². The van der Waals surface area contributed by atoms with Crippen LogP contribution in [0.15, 0.2) is 96.0 Å². The molecule has 0 spiro atoms. The van der Waals surface area contributed by atoms with Gasteiger partial charge in [0.05, 0.1) is 10.4 Å². The number of carbonyl (C=O) groups is 1. The second-order valence-electron chi connectivity index (χ2n) is 6.86. The van der Waals surface area contributed by atoms with Crippen LogP contribution in [-0.2, 0) is 21.4 Å². The summed E-state index contributed by atoms with van der Waals surface area (Å²) in [5.41, 5.74) is 2.05. The Bertz CT molecular complexity index is 1370. The lowest BCUT2D eigenvalue weighted by Gasteiger charge is -2.10. The lowest BCUT2D eigenvalue weighted by molar-refractivity contribution is -0.131. The number of hydrogen-bond acceptors (Lipinski definition) is 4. The van der Waals surface area contributed by atoms with Crippen LogP contribution in [0.3, 0.4) is 0 Å². The molecule has 1 N–H and O–H groups in total. The second-order valence-corrected chi connectivity index (χ2v) is 8.67. The minimum absolute atomic E-state index is 0.0712. The molecule has 0 aliphatic heterocycles. The van der Waals surface area contributed by atoms with Crippen LogP contribution in [0.2, 0.25) is 0 Å². The molecule has 0 saturated heterocycles. The standard InChI is InChI=1S/C24H19NO5S/c26-24(27)12-9-18-7-4-8-22(15-18)31(28,29)25-14-13-20-16-21(10-11-23(20)25)30-17-19-5-2-1-3-6-19/h1-16H,17H2,(H,26,27)/b12-9+. The van der Waals surface area contributed by atoms with E-state index in [0.29, 0.717) is 23.4 Å². The van der Waals surface area contributed by atoms with Crippen molar-refractivity contribution in [2.45, 2.75) is 11.5 Å². The molecule has 156 valence electrons. The summed E-state index contributed by atoms with van der Waals surface area (Å²) in [4.78, 5) is 10.8. The SMILES string of the molecule is O=C(O)/C=C/c1cccc(S(=O)(=O)n2ccc3cc(OCc4ccccc4)ccc32)c1. The Morgan fingerprint density at radius 1 is 0.968 bits per heavy atom. The maximum Gasteiger partial charge on any atom is 0.328 e. The van der Waals surface area contributed by atoms with Crippen LogP contribution < -0.4 is 4.74 Å². The third-order valence-electron chi connectivity index (χ3n) is 4.71. The zero-order valence-corrected chi connectivity index (χ0v) is 17.2. The number of ether oxygens (including phenoxy) is 1. The molecule has 1 aromatic heterocycles. The van der Waals surface area contributed by atoms with Crippen molar-refractivity contribution in [3.05, 3.63) is 102 Å². The van der Waals surface area contributed by atoms with Crippen molar-refractivity contribution in [1.29, 1.82) is 0 Å². The Hall–Kier alpha value is -3.84. The van der Waals surface area contributed by atoms with Crippen molar-refractivity contribution in [1.82, 2.24) is 3.97 Å². The zero-order valence-electron chi connectivity index (χ0n) is 16.4. The molecular weight excluding hydrogens is 414 g/mol. The van der Waals surface area contributed by atoms with Crippen molar-refractivity contribution in [2.24, 2.45) is 0 Å². The van der Waals surface area contributed by atoms with E-state index in [1.54, 1.807) is 36.4 Å². The Morgan fingerprint density at radius 3 is 2.55 bits per heavy atom. The van der Waals surface area contributed by atoms with Gasteiger partial charge in [0, 0.05) is 17.7 Å². The van der Waals surface area contributed by atoms with E-state index >= 15 is 0 Å². The van der Waals surface area contributed by atoms with Gasteiger partial charge in [0.25, 0.3) is 10.0 Å². The van der Waals surface area contributed by atoms with Crippen LogP contribution in [-0.4, -0.2) is 23.5 Å². The van der Waals surface area contributed by atoms with E-state index < -0.39 is 16.0 Å². The van der Waals surface area contributed by atoms with E-state index in [0.717, 1.165) is 17.0 Å². The summed E-state index contributed by atoms with van der Waals surface area (Å²) in [6.07, 6.45) is 3.82. The third-order valence-corrected chi connectivity index (χ3v) is 6.39. The van der Waals surface area contributed by atoms with Gasteiger partial charge in [-0.1, -0.05) is 42.5 Å². The first-order valence-electron chi connectivity index (χ1n) is 9.48. The average Bonchev–Trinajstić information content (AvgIpc) is 3.21. The van der Waals surface area contributed by atoms with Gasteiger partial charge in [-0.25, -0.2) is 17.2 Å². The second kappa shape index (κ2) is 8.49. The number of rotatable bonds is 7. The lowest BCUT2D eigenvalue weighted by Crippen LogP contribution is -2.11. The largest absolute Gasteiger partial charge is 0.489 e. The van der Waals surface area contributed by atoms with Gasteiger partial charge >= 0.3 is 5.97 Å². The molecule has 0 radical (unpaired) electrons. The molecule has 7 heteroatoms. The normalized spacial score (nSPS) is 11.7. The van der Waals surface area contributed by atoms with Gasteiger partial charge in [0.15, 0.2) is 0 Å². The first-order chi connectivity index (χ1) is 14.9. The molecule has 0 saturated carbocycles. The topological polar surface area (TPSA) is 85.6 Å². The quantitative estimate of drug-likeness (QED) is 0.432. The van der Waals surface area contributed by atoms with Crippen LogP contribution in [0.25, 0.3) is 17.0 Å². The number of nitrogens with zero attached hydrogens (tertiary/aromatic N) is 1. The summed E-state index contributed by atoms with van der Waals surface area (Å²) in [7, 11) is -3.86. The van der Waals surface area contributed by atoms with E-state index in [1.165, 1.54) is 28.4 Å². The fraction of sp³-hybridized carbons (Fsp3) is 0.0417. The fourth-order valence-corrected chi connectivity index (χ4v) is 4.60. The first kappa shape index (κ1) is 20.4. The highest BCUT2D eigenvalue weighted by atomic mass is 32.2.